The molecule has 1 rings (SSSR count). The Balaban J connectivity index is 2.55. The number of nitrogens with one attached hydrogen (secondary N) is 1. The molecule has 0 amide bonds. The first kappa shape index (κ1) is 26.8. The van der Waals surface area contributed by atoms with Crippen LogP contribution in [0.2, 0.25) is 0 Å². The van der Waals surface area contributed by atoms with Gasteiger partial charge in [-0.15, -0.1) is 0 Å². The summed E-state index contributed by atoms with van der Waals surface area (Å²) in [6.07, 6.45) is 17.3. The highest BCUT2D eigenvalue weighted by atomic mass is 32.2. The summed E-state index contributed by atoms with van der Waals surface area (Å²) in [5.74, 6) is 0.313. The molecule has 0 fully saturated rings. The zero-order chi connectivity index (χ0) is 23.1. The number of hydrogen-bond donors (Lipinski definition) is 2. The Kier molecular flexibility index (Phi) is 13.5. The first-order valence-corrected chi connectivity index (χ1v) is 12.0. The van der Waals surface area contributed by atoms with E-state index in [2.05, 4.69) is 69.2 Å². The Morgan fingerprint density at radius 2 is 1.81 bits per heavy atom. The van der Waals surface area contributed by atoms with E-state index in [0.717, 1.165) is 37.9 Å². The van der Waals surface area contributed by atoms with E-state index < -0.39 is 12.0 Å². The quantitative estimate of drug-likeness (QED) is 0.222. The number of carboxylic acids is 1. The number of anilines is 1. The maximum absolute atomic E-state index is 11.5. The molecule has 1 aromatic rings. The topological polar surface area (TPSA) is 75.4 Å². The zero-order valence-electron chi connectivity index (χ0n) is 19.6. The summed E-state index contributed by atoms with van der Waals surface area (Å²) in [5.41, 5.74) is 5.52. The Morgan fingerprint density at radius 3 is 2.42 bits per heavy atom. The van der Waals surface area contributed by atoms with Crippen LogP contribution in [0.25, 0.3) is 0 Å². The predicted molar refractivity (Wildman–Crippen MR) is 133 cm³/mol. The Hall–Kier alpha value is -2.21. The fourth-order valence-electron chi connectivity index (χ4n) is 2.80. The van der Waals surface area contributed by atoms with Gasteiger partial charge in [0.2, 0.25) is 0 Å². The van der Waals surface area contributed by atoms with Gasteiger partial charge >= 0.3 is 5.97 Å². The highest BCUT2D eigenvalue weighted by molar-refractivity contribution is 7.99. The van der Waals surface area contributed by atoms with E-state index in [1.807, 2.05) is 0 Å². The zero-order valence-corrected chi connectivity index (χ0v) is 20.4. The van der Waals surface area contributed by atoms with E-state index in [4.69, 9.17) is 4.42 Å². The molecule has 1 heterocycles. The van der Waals surface area contributed by atoms with E-state index >= 15 is 0 Å². The van der Waals surface area contributed by atoms with Gasteiger partial charge in [0.1, 0.15) is 12.3 Å². The lowest BCUT2D eigenvalue weighted by Crippen LogP contribution is -2.31. The normalized spacial score (nSPS) is 12.9. The third-order valence-corrected chi connectivity index (χ3v) is 5.60. The van der Waals surface area contributed by atoms with Crippen molar-refractivity contribution >= 4 is 23.7 Å². The fourth-order valence-corrected chi connectivity index (χ4v) is 3.75. The van der Waals surface area contributed by atoms with Crippen molar-refractivity contribution < 1.29 is 14.3 Å². The number of allylic oxidation sites excluding steroid dienone is 7. The maximum atomic E-state index is 11.5. The molecule has 0 spiro atoms. The molecule has 1 aromatic heterocycles. The van der Waals surface area contributed by atoms with Crippen LogP contribution in [-0.4, -0.2) is 33.6 Å². The number of carbonyl (C=O) groups is 1. The molecule has 0 saturated heterocycles. The lowest BCUT2D eigenvalue weighted by atomic mass is 10.0. The minimum absolute atomic E-state index is 0.236. The van der Waals surface area contributed by atoms with Crippen LogP contribution in [0.4, 0.5) is 6.01 Å². The van der Waals surface area contributed by atoms with Crippen molar-refractivity contribution in [2.45, 2.75) is 72.8 Å². The summed E-state index contributed by atoms with van der Waals surface area (Å²) in [6, 6.07) is -0.496. The van der Waals surface area contributed by atoms with Crippen LogP contribution in [0, 0.1) is 0 Å². The van der Waals surface area contributed by atoms with Crippen LogP contribution in [-0.2, 0) is 4.79 Å². The highest BCUT2D eigenvalue weighted by Crippen LogP contribution is 2.18. The molecule has 0 saturated carbocycles. The molecule has 1 atom stereocenters. The number of aliphatic carboxylic acids is 1. The third kappa shape index (κ3) is 13.7. The molecule has 5 nitrogen and oxygen atoms in total. The average molecular weight is 447 g/mol. The van der Waals surface area contributed by atoms with Gasteiger partial charge in [0, 0.05) is 11.5 Å². The minimum Gasteiger partial charge on any atom is -0.480 e. The fraction of sp³-hybridized carbons (Fsp3) is 0.520. The number of oxazole rings is 1. The average Bonchev–Trinajstić information content (AvgIpc) is 3.20. The molecule has 0 aliphatic carbocycles. The first-order chi connectivity index (χ1) is 14.8. The van der Waals surface area contributed by atoms with Gasteiger partial charge in [0.05, 0.1) is 6.20 Å². The van der Waals surface area contributed by atoms with Gasteiger partial charge < -0.3 is 14.8 Å². The Labute approximate surface area is 191 Å². The van der Waals surface area contributed by atoms with Crippen molar-refractivity contribution in [3.63, 3.8) is 0 Å². The summed E-state index contributed by atoms with van der Waals surface area (Å²) in [6.45, 7) is 10.7. The standard InChI is InChI=1S/C25H38N2O3S/c1-19(2)8-6-9-21(5)10-7-11-22(13-12-20(3)4)14-17-31-18-23(24(28)29)27-25-26-15-16-30-25/h8,10,12,14-16,23H,6-7,9,11,13,17-18H2,1-5H3,(H,26,27)(H,28,29). The number of thioether (sulfide) groups is 1. The van der Waals surface area contributed by atoms with E-state index in [1.165, 1.54) is 34.8 Å². The second-order valence-corrected chi connectivity index (χ2v) is 9.24. The molecule has 0 bridgehead atoms. The smallest absolute Gasteiger partial charge is 0.327 e. The number of nitrogens with zero attached hydrogens (tertiary/aromatic N) is 1. The van der Waals surface area contributed by atoms with E-state index in [-0.39, 0.29) is 6.01 Å². The number of carboxylic acid groups (broad SMARTS) is 1. The monoisotopic (exact) mass is 446 g/mol. The van der Waals surface area contributed by atoms with Gasteiger partial charge in [-0.3, -0.25) is 0 Å². The van der Waals surface area contributed by atoms with Crippen LogP contribution in [0.3, 0.4) is 0 Å². The number of hydrogen-bond acceptors (Lipinski definition) is 5. The van der Waals surface area contributed by atoms with Crippen molar-refractivity contribution in [2.24, 2.45) is 0 Å². The molecular formula is C25H38N2O3S. The highest BCUT2D eigenvalue weighted by Gasteiger charge is 2.18. The lowest BCUT2D eigenvalue weighted by molar-refractivity contribution is -0.137. The molecule has 6 heteroatoms. The van der Waals surface area contributed by atoms with Crippen LogP contribution in [0.15, 0.2) is 63.5 Å². The van der Waals surface area contributed by atoms with E-state index in [1.54, 1.807) is 11.8 Å². The molecule has 31 heavy (non-hydrogen) atoms. The first-order valence-electron chi connectivity index (χ1n) is 10.8. The number of rotatable bonds is 15. The maximum Gasteiger partial charge on any atom is 0.327 e. The van der Waals surface area contributed by atoms with Gasteiger partial charge in [-0.2, -0.15) is 11.8 Å². The van der Waals surface area contributed by atoms with Crippen molar-refractivity contribution in [1.82, 2.24) is 4.98 Å². The second-order valence-electron chi connectivity index (χ2n) is 8.17. The molecule has 0 radical (unpaired) electrons. The third-order valence-electron chi connectivity index (χ3n) is 4.62. The Morgan fingerprint density at radius 1 is 1.10 bits per heavy atom. The largest absolute Gasteiger partial charge is 0.480 e. The SMILES string of the molecule is CC(C)=CCCC(C)=CCCC(=CCSCC(Nc1ncco1)C(=O)O)CC=C(C)C. The molecule has 1 unspecified atom stereocenters. The summed E-state index contributed by atoms with van der Waals surface area (Å²) in [4.78, 5) is 15.4. The van der Waals surface area contributed by atoms with Gasteiger partial charge in [-0.05, 0) is 66.7 Å². The van der Waals surface area contributed by atoms with Crippen LogP contribution >= 0.6 is 11.8 Å². The molecule has 0 aromatic carbocycles. The van der Waals surface area contributed by atoms with Crippen LogP contribution < -0.4 is 5.32 Å². The van der Waals surface area contributed by atoms with Crippen LogP contribution in [0.5, 0.6) is 0 Å². The van der Waals surface area contributed by atoms with Crippen molar-refractivity contribution in [1.29, 1.82) is 0 Å². The van der Waals surface area contributed by atoms with E-state index in [0.29, 0.717) is 5.75 Å². The van der Waals surface area contributed by atoms with Gasteiger partial charge in [-0.25, -0.2) is 9.78 Å². The minimum atomic E-state index is -0.909. The van der Waals surface area contributed by atoms with Crippen molar-refractivity contribution in [2.75, 3.05) is 16.8 Å². The second kappa shape index (κ2) is 15.6. The molecule has 0 aliphatic heterocycles. The van der Waals surface area contributed by atoms with Crippen molar-refractivity contribution in [3.8, 4) is 0 Å². The molecule has 0 aliphatic rings. The lowest BCUT2D eigenvalue weighted by Gasteiger charge is -2.12. The summed E-state index contributed by atoms with van der Waals surface area (Å²) in [7, 11) is 0. The summed E-state index contributed by atoms with van der Waals surface area (Å²) in [5, 5.41) is 12.2. The number of aromatic nitrogens is 1. The summed E-state index contributed by atoms with van der Waals surface area (Å²) < 4.78 is 5.09. The van der Waals surface area contributed by atoms with Gasteiger partial charge in [0.25, 0.3) is 6.01 Å². The van der Waals surface area contributed by atoms with Gasteiger partial charge in [0.15, 0.2) is 0 Å². The van der Waals surface area contributed by atoms with Crippen LogP contribution in [0.1, 0.15) is 66.7 Å². The van der Waals surface area contributed by atoms with Gasteiger partial charge in [-0.1, -0.05) is 46.6 Å². The molecular weight excluding hydrogens is 408 g/mol. The van der Waals surface area contributed by atoms with Crippen molar-refractivity contribution in [3.05, 3.63) is 59.1 Å². The molecule has 172 valence electrons. The molecule has 2 N–H and O–H groups in total. The Bertz CT molecular complexity index is 769. The summed E-state index contributed by atoms with van der Waals surface area (Å²) >= 11 is 1.60. The van der Waals surface area contributed by atoms with E-state index in [9.17, 15) is 9.90 Å². The predicted octanol–water partition coefficient (Wildman–Crippen LogP) is 7.03.